The van der Waals surface area contributed by atoms with Crippen molar-refractivity contribution in [3.05, 3.63) is 35.4 Å². The van der Waals surface area contributed by atoms with Crippen molar-refractivity contribution in [2.75, 3.05) is 13.1 Å². The smallest absolute Gasteiger partial charge is 0.0196 e. The minimum atomic E-state index is 0.472. The molecule has 16 heavy (non-hydrogen) atoms. The van der Waals surface area contributed by atoms with Crippen LogP contribution in [0, 0.1) is 0 Å². The lowest BCUT2D eigenvalue weighted by molar-refractivity contribution is 0.367. The normalized spacial score (nSPS) is 25.6. The van der Waals surface area contributed by atoms with Crippen LogP contribution in [-0.2, 0) is 6.54 Å². The fraction of sp³-hybridized carbons (Fsp3) is 0.538. The molecule has 0 bridgehead atoms. The van der Waals surface area contributed by atoms with E-state index in [9.17, 15) is 0 Å². The first kappa shape index (κ1) is 11.6. The van der Waals surface area contributed by atoms with E-state index in [-0.39, 0.29) is 0 Å². The van der Waals surface area contributed by atoms with Gasteiger partial charge in [-0.05, 0) is 36.4 Å². The molecule has 1 aromatic rings. The van der Waals surface area contributed by atoms with Crippen molar-refractivity contribution in [2.45, 2.75) is 31.3 Å². The van der Waals surface area contributed by atoms with Crippen LogP contribution in [-0.4, -0.2) is 19.1 Å². The SMILES string of the molecule is NCc1cccc(C2CCNC(CN)C2)c1. The van der Waals surface area contributed by atoms with Crippen molar-refractivity contribution in [3.8, 4) is 0 Å². The van der Waals surface area contributed by atoms with Gasteiger partial charge in [0.15, 0.2) is 0 Å². The van der Waals surface area contributed by atoms with Gasteiger partial charge in [0.2, 0.25) is 0 Å². The number of benzene rings is 1. The van der Waals surface area contributed by atoms with E-state index >= 15 is 0 Å². The van der Waals surface area contributed by atoms with Gasteiger partial charge in [-0.1, -0.05) is 24.3 Å². The summed E-state index contributed by atoms with van der Waals surface area (Å²) in [7, 11) is 0. The van der Waals surface area contributed by atoms with Gasteiger partial charge < -0.3 is 16.8 Å². The molecule has 0 radical (unpaired) electrons. The highest BCUT2D eigenvalue weighted by molar-refractivity contribution is 5.27. The highest BCUT2D eigenvalue weighted by atomic mass is 14.9. The number of piperidine rings is 1. The van der Waals surface area contributed by atoms with E-state index in [1.165, 1.54) is 17.5 Å². The first-order valence-electron chi connectivity index (χ1n) is 6.06. The minimum Gasteiger partial charge on any atom is -0.329 e. The van der Waals surface area contributed by atoms with Gasteiger partial charge in [0, 0.05) is 19.1 Å². The Kier molecular flexibility index (Phi) is 3.93. The Bertz CT molecular complexity index is 338. The quantitative estimate of drug-likeness (QED) is 0.709. The number of hydrogen-bond donors (Lipinski definition) is 3. The molecule has 0 amide bonds. The van der Waals surface area contributed by atoms with E-state index < -0.39 is 0 Å². The highest BCUT2D eigenvalue weighted by Crippen LogP contribution is 2.27. The fourth-order valence-corrected chi connectivity index (χ4v) is 2.46. The molecule has 1 aliphatic rings. The Balaban J connectivity index is 2.10. The summed E-state index contributed by atoms with van der Waals surface area (Å²) in [5.41, 5.74) is 14.0. The average molecular weight is 219 g/mol. The first-order chi connectivity index (χ1) is 7.83. The van der Waals surface area contributed by atoms with E-state index in [1.807, 2.05) is 0 Å². The van der Waals surface area contributed by atoms with Crippen molar-refractivity contribution in [3.63, 3.8) is 0 Å². The maximum Gasteiger partial charge on any atom is 0.0196 e. The van der Waals surface area contributed by atoms with Crippen LogP contribution in [0.2, 0.25) is 0 Å². The van der Waals surface area contributed by atoms with Gasteiger partial charge in [0.05, 0.1) is 0 Å². The van der Waals surface area contributed by atoms with Gasteiger partial charge in [-0.2, -0.15) is 0 Å². The van der Waals surface area contributed by atoms with E-state index in [1.54, 1.807) is 0 Å². The summed E-state index contributed by atoms with van der Waals surface area (Å²) in [5.74, 6) is 0.640. The van der Waals surface area contributed by atoms with Gasteiger partial charge in [0.1, 0.15) is 0 Å². The third-order valence-electron chi connectivity index (χ3n) is 3.44. The Morgan fingerprint density at radius 2 is 2.19 bits per heavy atom. The Morgan fingerprint density at radius 3 is 2.94 bits per heavy atom. The lowest BCUT2D eigenvalue weighted by atomic mass is 9.86. The highest BCUT2D eigenvalue weighted by Gasteiger charge is 2.21. The maximum atomic E-state index is 5.72. The molecule has 1 fully saturated rings. The summed E-state index contributed by atoms with van der Waals surface area (Å²) in [6.45, 7) is 2.42. The van der Waals surface area contributed by atoms with Gasteiger partial charge in [0.25, 0.3) is 0 Å². The van der Waals surface area contributed by atoms with E-state index in [4.69, 9.17) is 11.5 Å². The molecule has 5 N–H and O–H groups in total. The average Bonchev–Trinajstić information content (AvgIpc) is 2.39. The number of nitrogens with two attached hydrogens (primary N) is 2. The van der Waals surface area contributed by atoms with Crippen LogP contribution in [0.1, 0.15) is 29.9 Å². The number of nitrogens with one attached hydrogen (secondary N) is 1. The summed E-state index contributed by atoms with van der Waals surface area (Å²) >= 11 is 0. The molecule has 2 rings (SSSR count). The molecule has 88 valence electrons. The van der Waals surface area contributed by atoms with Gasteiger partial charge in [-0.25, -0.2) is 0 Å². The summed E-state index contributed by atoms with van der Waals surface area (Å²) in [6.07, 6.45) is 2.34. The molecule has 3 nitrogen and oxygen atoms in total. The second-order valence-electron chi connectivity index (χ2n) is 4.56. The Hall–Kier alpha value is -0.900. The van der Waals surface area contributed by atoms with Gasteiger partial charge >= 0.3 is 0 Å². The molecular formula is C13H21N3. The summed E-state index contributed by atoms with van der Waals surface area (Å²) in [5, 5.41) is 3.45. The van der Waals surface area contributed by atoms with Crippen LogP contribution in [0.4, 0.5) is 0 Å². The molecule has 1 saturated heterocycles. The summed E-state index contributed by atoms with van der Waals surface area (Å²) in [6, 6.07) is 9.12. The molecule has 2 atom stereocenters. The monoisotopic (exact) mass is 219 g/mol. The molecule has 0 aromatic heterocycles. The van der Waals surface area contributed by atoms with Gasteiger partial charge in [-0.15, -0.1) is 0 Å². The zero-order valence-electron chi connectivity index (χ0n) is 9.65. The molecule has 1 heterocycles. The van der Waals surface area contributed by atoms with Crippen LogP contribution in [0.5, 0.6) is 0 Å². The van der Waals surface area contributed by atoms with Crippen LogP contribution < -0.4 is 16.8 Å². The van der Waals surface area contributed by atoms with Crippen LogP contribution in [0.25, 0.3) is 0 Å². The van der Waals surface area contributed by atoms with E-state index in [0.717, 1.165) is 19.5 Å². The first-order valence-corrected chi connectivity index (χ1v) is 6.06. The third-order valence-corrected chi connectivity index (χ3v) is 3.44. The minimum absolute atomic E-state index is 0.472. The van der Waals surface area contributed by atoms with Crippen molar-refractivity contribution >= 4 is 0 Å². The van der Waals surface area contributed by atoms with Crippen molar-refractivity contribution in [1.29, 1.82) is 0 Å². The van der Waals surface area contributed by atoms with Crippen molar-refractivity contribution in [2.24, 2.45) is 11.5 Å². The largest absolute Gasteiger partial charge is 0.329 e. The van der Waals surface area contributed by atoms with Crippen molar-refractivity contribution < 1.29 is 0 Å². The third kappa shape index (κ3) is 2.61. The predicted octanol–water partition coefficient (Wildman–Crippen LogP) is 0.940. The standard InChI is InChI=1S/C13H21N3/c14-8-10-2-1-3-11(6-10)12-4-5-16-13(7-12)9-15/h1-3,6,12-13,16H,4-5,7-9,14-15H2. The zero-order valence-corrected chi connectivity index (χ0v) is 9.65. The Labute approximate surface area is 97.2 Å². The van der Waals surface area contributed by atoms with Gasteiger partial charge in [-0.3, -0.25) is 0 Å². The maximum absolute atomic E-state index is 5.72. The molecule has 0 saturated carbocycles. The van der Waals surface area contributed by atoms with Crippen LogP contribution >= 0.6 is 0 Å². The van der Waals surface area contributed by atoms with Crippen molar-refractivity contribution in [1.82, 2.24) is 5.32 Å². The summed E-state index contributed by atoms with van der Waals surface area (Å²) in [4.78, 5) is 0. The predicted molar refractivity (Wildman–Crippen MR) is 67.2 cm³/mol. The Morgan fingerprint density at radius 1 is 1.31 bits per heavy atom. The summed E-state index contributed by atoms with van der Waals surface area (Å²) < 4.78 is 0. The molecule has 3 heteroatoms. The lowest BCUT2D eigenvalue weighted by Crippen LogP contribution is -2.42. The van der Waals surface area contributed by atoms with Crippen LogP contribution in [0.15, 0.2) is 24.3 Å². The van der Waals surface area contributed by atoms with E-state index in [2.05, 4.69) is 29.6 Å². The molecular weight excluding hydrogens is 198 g/mol. The second-order valence-corrected chi connectivity index (χ2v) is 4.56. The lowest BCUT2D eigenvalue weighted by Gasteiger charge is -2.30. The van der Waals surface area contributed by atoms with Crippen LogP contribution in [0.3, 0.4) is 0 Å². The van der Waals surface area contributed by atoms with E-state index in [0.29, 0.717) is 18.5 Å². The topological polar surface area (TPSA) is 64.1 Å². The second kappa shape index (κ2) is 5.43. The molecule has 0 aliphatic carbocycles. The molecule has 2 unspecified atom stereocenters. The molecule has 0 spiro atoms. The zero-order chi connectivity index (χ0) is 11.4. The molecule has 1 aromatic carbocycles. The number of rotatable bonds is 3. The number of hydrogen-bond acceptors (Lipinski definition) is 3. The fourth-order valence-electron chi connectivity index (χ4n) is 2.46. The molecule has 1 aliphatic heterocycles.